The molecule has 1 aliphatic rings. The Morgan fingerprint density at radius 1 is 1.30 bits per heavy atom. The zero-order chi connectivity index (χ0) is 14.7. The average Bonchev–Trinajstić information content (AvgIpc) is 2.82. The van der Waals surface area contributed by atoms with Crippen LogP contribution < -0.4 is 5.32 Å². The molecule has 3 heteroatoms. The first-order valence-electron chi connectivity index (χ1n) is 7.76. The Morgan fingerprint density at radius 3 is 2.65 bits per heavy atom. The summed E-state index contributed by atoms with van der Waals surface area (Å²) in [5.74, 6) is 0.464. The molecule has 0 saturated carbocycles. The second-order valence-electron chi connectivity index (χ2n) is 6.15. The number of hydrogen-bond donors (Lipinski definition) is 1. The van der Waals surface area contributed by atoms with Gasteiger partial charge in [0.05, 0.1) is 5.25 Å². The molecule has 0 spiro atoms. The number of rotatable bonds is 6. The second kappa shape index (κ2) is 6.86. The first-order valence-corrected chi connectivity index (χ1v) is 9.04. The van der Waals surface area contributed by atoms with Crippen molar-refractivity contribution < 1.29 is 4.21 Å². The maximum absolute atomic E-state index is 12.9. The van der Waals surface area contributed by atoms with Crippen molar-refractivity contribution in [3.05, 3.63) is 35.4 Å². The van der Waals surface area contributed by atoms with Crippen molar-refractivity contribution in [3.63, 3.8) is 0 Å². The van der Waals surface area contributed by atoms with Gasteiger partial charge in [-0.2, -0.15) is 0 Å². The Hall–Kier alpha value is -0.670. The van der Waals surface area contributed by atoms with Crippen LogP contribution in [0.1, 0.15) is 51.3 Å². The predicted octanol–water partition coefficient (Wildman–Crippen LogP) is 3.45. The minimum absolute atomic E-state index is 0.219. The molecule has 0 aliphatic heterocycles. The lowest BCUT2D eigenvalue weighted by Gasteiger charge is -2.26. The van der Waals surface area contributed by atoms with Crippen molar-refractivity contribution >= 4 is 10.8 Å². The highest BCUT2D eigenvalue weighted by Crippen LogP contribution is 2.36. The summed E-state index contributed by atoms with van der Waals surface area (Å²) in [6.07, 6.45) is 2.05. The van der Waals surface area contributed by atoms with Gasteiger partial charge in [0.2, 0.25) is 0 Å². The molecule has 1 aromatic rings. The Morgan fingerprint density at radius 2 is 2.00 bits per heavy atom. The van der Waals surface area contributed by atoms with E-state index in [0.29, 0.717) is 5.92 Å². The highest BCUT2D eigenvalue weighted by molar-refractivity contribution is 7.86. The molecule has 0 radical (unpaired) electrons. The zero-order valence-electron chi connectivity index (χ0n) is 13.1. The molecule has 4 atom stereocenters. The summed E-state index contributed by atoms with van der Waals surface area (Å²) < 4.78 is 12.9. The lowest BCUT2D eigenvalue weighted by atomic mass is 10.1. The van der Waals surface area contributed by atoms with Crippen molar-refractivity contribution in [1.82, 2.24) is 5.32 Å². The van der Waals surface area contributed by atoms with Gasteiger partial charge in [0.25, 0.3) is 0 Å². The third-order valence-electron chi connectivity index (χ3n) is 4.40. The fourth-order valence-electron chi connectivity index (χ4n) is 2.86. The van der Waals surface area contributed by atoms with Crippen LogP contribution in [0.3, 0.4) is 0 Å². The quantitative estimate of drug-likeness (QED) is 0.870. The van der Waals surface area contributed by atoms with E-state index < -0.39 is 10.8 Å². The second-order valence-corrected chi connectivity index (χ2v) is 8.16. The molecule has 0 saturated heterocycles. The van der Waals surface area contributed by atoms with Gasteiger partial charge in [0.1, 0.15) is 0 Å². The molecule has 1 aromatic carbocycles. The fraction of sp³-hybridized carbons (Fsp3) is 0.647. The number of hydrogen-bond acceptors (Lipinski definition) is 2. The van der Waals surface area contributed by atoms with E-state index in [1.807, 2.05) is 0 Å². The molecule has 0 bridgehead atoms. The third kappa shape index (κ3) is 3.15. The minimum atomic E-state index is -0.793. The van der Waals surface area contributed by atoms with Crippen molar-refractivity contribution in [1.29, 1.82) is 0 Å². The molecule has 20 heavy (non-hydrogen) atoms. The lowest BCUT2D eigenvalue weighted by molar-refractivity contribution is 0.518. The Kier molecular flexibility index (Phi) is 5.39. The highest BCUT2D eigenvalue weighted by Gasteiger charge is 2.37. The van der Waals surface area contributed by atoms with Gasteiger partial charge < -0.3 is 5.32 Å². The average molecular weight is 293 g/mol. The first-order chi connectivity index (χ1) is 9.56. The Bertz CT molecular complexity index is 472. The van der Waals surface area contributed by atoms with Gasteiger partial charge in [-0.05, 0) is 36.4 Å². The number of fused-ring (bicyclic) bond motifs is 1. The van der Waals surface area contributed by atoms with Gasteiger partial charge in [-0.3, -0.25) is 4.21 Å². The molecule has 1 N–H and O–H groups in total. The maximum Gasteiger partial charge on any atom is 0.0586 e. The first kappa shape index (κ1) is 15.7. The molecule has 1 aliphatic carbocycles. The van der Waals surface area contributed by atoms with Gasteiger partial charge in [0, 0.05) is 22.1 Å². The van der Waals surface area contributed by atoms with E-state index in [2.05, 4.69) is 57.3 Å². The Balaban J connectivity index is 2.23. The van der Waals surface area contributed by atoms with E-state index in [1.165, 1.54) is 11.1 Å². The summed E-state index contributed by atoms with van der Waals surface area (Å²) in [6.45, 7) is 9.62. The van der Waals surface area contributed by atoms with Crippen LogP contribution >= 0.6 is 0 Å². The standard InChI is InChI=1S/C17H27NOS/c1-5-10-18-17-15-9-7-6-8-14(15)11-16(17)20(19)13(4)12(2)3/h6-9,12-13,16-18H,5,10-11H2,1-4H3. The predicted molar refractivity (Wildman–Crippen MR) is 87.4 cm³/mol. The van der Waals surface area contributed by atoms with Crippen molar-refractivity contribution in [2.75, 3.05) is 6.54 Å². The van der Waals surface area contributed by atoms with Crippen LogP contribution in [-0.4, -0.2) is 21.3 Å². The van der Waals surface area contributed by atoms with E-state index in [-0.39, 0.29) is 16.5 Å². The van der Waals surface area contributed by atoms with E-state index in [0.717, 1.165) is 19.4 Å². The molecular weight excluding hydrogens is 266 g/mol. The van der Waals surface area contributed by atoms with Crippen LogP contribution in [0.5, 0.6) is 0 Å². The maximum atomic E-state index is 12.9. The largest absolute Gasteiger partial charge is 0.309 e. The van der Waals surface area contributed by atoms with Crippen LogP contribution in [0.4, 0.5) is 0 Å². The van der Waals surface area contributed by atoms with E-state index in [4.69, 9.17) is 0 Å². The van der Waals surface area contributed by atoms with Crippen LogP contribution in [0.2, 0.25) is 0 Å². The Labute approximate surface area is 125 Å². The summed E-state index contributed by atoms with van der Waals surface area (Å²) in [5.41, 5.74) is 2.73. The van der Waals surface area contributed by atoms with Gasteiger partial charge >= 0.3 is 0 Å². The molecule has 0 fully saturated rings. The van der Waals surface area contributed by atoms with Crippen molar-refractivity contribution in [2.45, 2.75) is 57.1 Å². The SMILES string of the molecule is CCCNC1c2ccccc2CC1S(=O)C(C)C(C)C. The van der Waals surface area contributed by atoms with Gasteiger partial charge in [-0.1, -0.05) is 52.0 Å². The molecule has 2 rings (SSSR count). The van der Waals surface area contributed by atoms with Crippen LogP contribution in [0, 0.1) is 5.92 Å². The van der Waals surface area contributed by atoms with Crippen molar-refractivity contribution in [3.8, 4) is 0 Å². The van der Waals surface area contributed by atoms with Gasteiger partial charge in [0.15, 0.2) is 0 Å². The molecule has 0 heterocycles. The lowest BCUT2D eigenvalue weighted by Crippen LogP contribution is -2.37. The molecular formula is C17H27NOS. The van der Waals surface area contributed by atoms with E-state index in [1.54, 1.807) is 0 Å². The van der Waals surface area contributed by atoms with Crippen LogP contribution in [0.25, 0.3) is 0 Å². The molecule has 4 unspecified atom stereocenters. The summed E-state index contributed by atoms with van der Waals surface area (Å²) in [7, 11) is -0.793. The summed E-state index contributed by atoms with van der Waals surface area (Å²) >= 11 is 0. The highest BCUT2D eigenvalue weighted by atomic mass is 32.2. The minimum Gasteiger partial charge on any atom is -0.309 e. The molecule has 0 aromatic heterocycles. The summed E-state index contributed by atoms with van der Waals surface area (Å²) in [5, 5.41) is 4.09. The fourth-order valence-corrected chi connectivity index (χ4v) is 4.80. The number of benzene rings is 1. The zero-order valence-corrected chi connectivity index (χ0v) is 13.9. The van der Waals surface area contributed by atoms with Crippen LogP contribution in [-0.2, 0) is 17.2 Å². The topological polar surface area (TPSA) is 29.1 Å². The van der Waals surface area contributed by atoms with Gasteiger partial charge in [-0.15, -0.1) is 0 Å². The third-order valence-corrected chi connectivity index (χ3v) is 6.71. The van der Waals surface area contributed by atoms with E-state index >= 15 is 0 Å². The van der Waals surface area contributed by atoms with E-state index in [9.17, 15) is 4.21 Å². The summed E-state index contributed by atoms with van der Waals surface area (Å²) in [4.78, 5) is 0. The van der Waals surface area contributed by atoms with Crippen LogP contribution in [0.15, 0.2) is 24.3 Å². The molecule has 0 amide bonds. The molecule has 2 nitrogen and oxygen atoms in total. The monoisotopic (exact) mass is 293 g/mol. The smallest absolute Gasteiger partial charge is 0.0586 e. The number of nitrogens with one attached hydrogen (secondary N) is 1. The normalized spacial score (nSPS) is 24.6. The summed E-state index contributed by atoms with van der Waals surface area (Å²) in [6, 6.07) is 8.82. The molecule has 112 valence electrons. The van der Waals surface area contributed by atoms with Gasteiger partial charge in [-0.25, -0.2) is 0 Å². The van der Waals surface area contributed by atoms with Crippen molar-refractivity contribution in [2.24, 2.45) is 5.92 Å².